The summed E-state index contributed by atoms with van der Waals surface area (Å²) in [6.45, 7) is 1.27. The number of hydrogen-bond donors (Lipinski definition) is 5. The van der Waals surface area contributed by atoms with Gasteiger partial charge in [0.2, 0.25) is 0 Å². The van der Waals surface area contributed by atoms with E-state index in [1.54, 1.807) is 6.92 Å². The standard InChI is InChI=1S/C11H17N3O5S/c1-2-11(8(17)7(16)6(4-15)19-11)14-3-5(12)9(18)13-10(14)20/h3,6-8,15-17H,2,4,12H2,1H3,(H,13,18,20)/t6-,7-,8-,11-/m1/s1. The van der Waals surface area contributed by atoms with Crippen LogP contribution in [0, 0.1) is 4.77 Å². The van der Waals surface area contributed by atoms with Crippen LogP contribution in [0.3, 0.4) is 0 Å². The van der Waals surface area contributed by atoms with Crippen LogP contribution in [0.5, 0.6) is 0 Å². The summed E-state index contributed by atoms with van der Waals surface area (Å²) in [4.78, 5) is 13.8. The number of nitrogens with one attached hydrogen (secondary N) is 1. The molecule has 8 nitrogen and oxygen atoms in total. The van der Waals surface area contributed by atoms with Crippen LogP contribution in [-0.4, -0.2) is 49.8 Å². The van der Waals surface area contributed by atoms with Gasteiger partial charge in [0.05, 0.1) is 6.61 Å². The highest BCUT2D eigenvalue weighted by Crippen LogP contribution is 2.38. The van der Waals surface area contributed by atoms with Crippen molar-refractivity contribution >= 4 is 17.9 Å². The van der Waals surface area contributed by atoms with Crippen molar-refractivity contribution in [2.45, 2.75) is 37.4 Å². The summed E-state index contributed by atoms with van der Waals surface area (Å²) >= 11 is 5.06. The lowest BCUT2D eigenvalue weighted by Crippen LogP contribution is -2.46. The third-order valence-corrected chi connectivity index (χ3v) is 3.88. The monoisotopic (exact) mass is 303 g/mol. The van der Waals surface area contributed by atoms with Gasteiger partial charge < -0.3 is 25.8 Å². The number of nitrogens with zero attached hydrogens (tertiary/aromatic N) is 1. The molecule has 1 aromatic heterocycles. The average Bonchev–Trinajstić information content (AvgIpc) is 2.68. The molecule has 0 spiro atoms. The number of aliphatic hydroxyl groups excluding tert-OH is 3. The van der Waals surface area contributed by atoms with Crippen LogP contribution in [0.15, 0.2) is 11.0 Å². The van der Waals surface area contributed by atoms with Gasteiger partial charge in [-0.05, 0) is 18.6 Å². The van der Waals surface area contributed by atoms with E-state index in [4.69, 9.17) is 22.7 Å². The molecule has 1 saturated heterocycles. The van der Waals surface area contributed by atoms with Crippen LogP contribution in [0.25, 0.3) is 0 Å². The third-order valence-electron chi connectivity index (χ3n) is 3.59. The molecule has 0 bridgehead atoms. The van der Waals surface area contributed by atoms with Gasteiger partial charge in [-0.1, -0.05) is 6.92 Å². The number of ether oxygens (including phenoxy) is 1. The van der Waals surface area contributed by atoms with Gasteiger partial charge in [0.15, 0.2) is 10.5 Å². The quantitative estimate of drug-likeness (QED) is 0.436. The molecule has 1 aliphatic heterocycles. The van der Waals surface area contributed by atoms with Crippen LogP contribution in [0.2, 0.25) is 0 Å². The minimum Gasteiger partial charge on any atom is -0.394 e. The molecule has 1 aromatic rings. The molecule has 4 atom stereocenters. The summed E-state index contributed by atoms with van der Waals surface area (Å²) in [5.41, 5.74) is 3.54. The smallest absolute Gasteiger partial charge is 0.274 e. The second-order valence-electron chi connectivity index (χ2n) is 4.69. The number of H-pyrrole nitrogens is 1. The number of nitrogen functional groups attached to an aromatic ring is 1. The SMILES string of the molecule is CC[C@@]1(n2cc(N)c(=O)[nH]c2=S)O[C@H](CO)[C@@H](O)[C@H]1O. The van der Waals surface area contributed by atoms with Gasteiger partial charge in [-0.25, -0.2) is 0 Å². The van der Waals surface area contributed by atoms with Crippen LogP contribution < -0.4 is 11.3 Å². The van der Waals surface area contributed by atoms with Crippen LogP contribution in [0.1, 0.15) is 13.3 Å². The molecule has 2 heterocycles. The molecule has 20 heavy (non-hydrogen) atoms. The maximum atomic E-state index is 11.4. The lowest BCUT2D eigenvalue weighted by molar-refractivity contribution is -0.151. The Bertz CT molecular complexity index is 615. The average molecular weight is 303 g/mol. The van der Waals surface area contributed by atoms with Crippen molar-refractivity contribution in [2.24, 2.45) is 0 Å². The van der Waals surface area contributed by atoms with E-state index in [1.807, 2.05) is 0 Å². The predicted octanol–water partition coefficient (Wildman–Crippen LogP) is -1.34. The van der Waals surface area contributed by atoms with Gasteiger partial charge in [0.25, 0.3) is 5.56 Å². The zero-order valence-corrected chi connectivity index (χ0v) is 11.6. The Morgan fingerprint density at radius 1 is 1.60 bits per heavy atom. The fourth-order valence-electron chi connectivity index (χ4n) is 2.45. The van der Waals surface area contributed by atoms with E-state index in [0.717, 1.165) is 0 Å². The molecular formula is C11H17N3O5S. The maximum absolute atomic E-state index is 11.4. The Morgan fingerprint density at radius 3 is 2.75 bits per heavy atom. The maximum Gasteiger partial charge on any atom is 0.274 e. The first-order chi connectivity index (χ1) is 9.37. The number of rotatable bonds is 3. The number of nitrogens with two attached hydrogens (primary N) is 1. The molecule has 0 aliphatic carbocycles. The number of anilines is 1. The molecule has 0 amide bonds. The molecule has 112 valence electrons. The summed E-state index contributed by atoms with van der Waals surface area (Å²) < 4.78 is 6.92. The lowest BCUT2D eigenvalue weighted by Gasteiger charge is -2.33. The van der Waals surface area contributed by atoms with Crippen molar-refractivity contribution in [1.82, 2.24) is 9.55 Å². The molecule has 9 heteroatoms. The van der Waals surface area contributed by atoms with E-state index in [1.165, 1.54) is 10.8 Å². The molecule has 0 radical (unpaired) electrons. The number of aromatic nitrogens is 2. The summed E-state index contributed by atoms with van der Waals surface area (Å²) in [6.07, 6.45) is -2.02. The Kier molecular flexibility index (Phi) is 3.98. The van der Waals surface area contributed by atoms with Crippen molar-refractivity contribution in [2.75, 3.05) is 12.3 Å². The summed E-state index contributed by atoms with van der Waals surface area (Å²) in [5, 5.41) is 29.4. The van der Waals surface area contributed by atoms with Gasteiger partial charge in [-0.3, -0.25) is 14.3 Å². The summed E-state index contributed by atoms with van der Waals surface area (Å²) in [5.74, 6) is 0. The molecular weight excluding hydrogens is 286 g/mol. The van der Waals surface area contributed by atoms with Crippen molar-refractivity contribution in [1.29, 1.82) is 0 Å². The largest absolute Gasteiger partial charge is 0.394 e. The van der Waals surface area contributed by atoms with Crippen molar-refractivity contribution in [3.63, 3.8) is 0 Å². The normalized spacial score (nSPS) is 33.5. The van der Waals surface area contributed by atoms with E-state index < -0.39 is 36.2 Å². The van der Waals surface area contributed by atoms with Gasteiger partial charge in [-0.15, -0.1) is 0 Å². The zero-order chi connectivity index (χ0) is 15.1. The lowest BCUT2D eigenvalue weighted by atomic mass is 10.00. The molecule has 0 saturated carbocycles. The second-order valence-corrected chi connectivity index (χ2v) is 5.07. The second kappa shape index (κ2) is 5.26. The van der Waals surface area contributed by atoms with E-state index >= 15 is 0 Å². The number of aliphatic hydroxyl groups is 3. The first-order valence-corrected chi connectivity index (χ1v) is 6.55. The topological polar surface area (TPSA) is 134 Å². The fourth-order valence-corrected chi connectivity index (χ4v) is 2.75. The summed E-state index contributed by atoms with van der Waals surface area (Å²) in [6, 6.07) is 0. The Balaban J connectivity index is 2.61. The van der Waals surface area contributed by atoms with Crippen LogP contribution in [0.4, 0.5) is 5.69 Å². The highest BCUT2D eigenvalue weighted by atomic mass is 32.1. The highest BCUT2D eigenvalue weighted by molar-refractivity contribution is 7.71. The minimum atomic E-state index is -1.39. The molecule has 2 rings (SSSR count). The summed E-state index contributed by atoms with van der Waals surface area (Å²) in [7, 11) is 0. The molecule has 0 unspecified atom stereocenters. The molecule has 0 aromatic carbocycles. The van der Waals surface area contributed by atoms with Crippen molar-refractivity contribution in [3.8, 4) is 0 Å². The highest BCUT2D eigenvalue weighted by Gasteiger charge is 2.54. The molecule has 1 aliphatic rings. The Morgan fingerprint density at radius 2 is 2.25 bits per heavy atom. The van der Waals surface area contributed by atoms with E-state index in [0.29, 0.717) is 0 Å². The number of hydrogen-bond acceptors (Lipinski definition) is 7. The Hall–Kier alpha value is -1.26. The van der Waals surface area contributed by atoms with Gasteiger partial charge >= 0.3 is 0 Å². The van der Waals surface area contributed by atoms with Gasteiger partial charge in [0.1, 0.15) is 24.0 Å². The van der Waals surface area contributed by atoms with Crippen LogP contribution >= 0.6 is 12.2 Å². The fraction of sp³-hybridized carbons (Fsp3) is 0.636. The van der Waals surface area contributed by atoms with E-state index in [-0.39, 0.29) is 16.9 Å². The number of aromatic amines is 1. The van der Waals surface area contributed by atoms with Crippen molar-refractivity contribution in [3.05, 3.63) is 21.3 Å². The molecule has 6 N–H and O–H groups in total. The Labute approximate surface area is 119 Å². The minimum absolute atomic E-state index is 0.0101. The van der Waals surface area contributed by atoms with Gasteiger partial charge in [0, 0.05) is 6.20 Å². The van der Waals surface area contributed by atoms with E-state index in [9.17, 15) is 20.1 Å². The van der Waals surface area contributed by atoms with E-state index in [2.05, 4.69) is 4.98 Å². The van der Waals surface area contributed by atoms with Gasteiger partial charge in [-0.2, -0.15) is 0 Å². The third kappa shape index (κ3) is 2.07. The zero-order valence-electron chi connectivity index (χ0n) is 10.8. The van der Waals surface area contributed by atoms with Crippen molar-refractivity contribution < 1.29 is 20.1 Å². The first kappa shape index (κ1) is 15.1. The van der Waals surface area contributed by atoms with Crippen LogP contribution in [-0.2, 0) is 10.5 Å². The first-order valence-electron chi connectivity index (χ1n) is 6.14. The predicted molar refractivity (Wildman–Crippen MR) is 72.5 cm³/mol. The molecule has 1 fully saturated rings.